The molecule has 0 atom stereocenters. The van der Waals surface area contributed by atoms with Crippen molar-refractivity contribution < 1.29 is 14.7 Å². The maximum atomic E-state index is 13.5. The van der Waals surface area contributed by atoms with Crippen molar-refractivity contribution in [2.75, 3.05) is 11.9 Å². The quantitative estimate of drug-likeness (QED) is 0.0492. The van der Waals surface area contributed by atoms with E-state index in [1.54, 1.807) is 6.07 Å². The molecule has 2 aromatic heterocycles. The van der Waals surface area contributed by atoms with Crippen LogP contribution in [0.15, 0.2) is 90.3 Å². The number of carbonyl (C=O) groups excluding carboxylic acids is 1. The van der Waals surface area contributed by atoms with E-state index in [0.717, 1.165) is 52.5 Å². The van der Waals surface area contributed by atoms with Crippen LogP contribution in [0.2, 0.25) is 25.7 Å². The number of benzene rings is 3. The first-order valence-electron chi connectivity index (χ1n) is 14.6. The Labute approximate surface area is 252 Å². The molecule has 0 saturated carbocycles. The molecule has 2 heterocycles. The lowest BCUT2D eigenvalue weighted by Crippen LogP contribution is -2.22. The van der Waals surface area contributed by atoms with Gasteiger partial charge in [-0.1, -0.05) is 56.0 Å². The molecule has 5 aromatic rings. The molecule has 5 rings (SSSR count). The summed E-state index contributed by atoms with van der Waals surface area (Å²) in [6, 6.07) is 24.7. The summed E-state index contributed by atoms with van der Waals surface area (Å²) in [6.45, 7) is 8.21. The van der Waals surface area contributed by atoms with Gasteiger partial charge in [-0.2, -0.15) is 5.10 Å². The lowest BCUT2D eigenvalue weighted by Gasteiger charge is -2.15. The number of hydrogen-bond donors (Lipinski definition) is 2. The summed E-state index contributed by atoms with van der Waals surface area (Å²) in [5.41, 5.74) is 5.23. The molecule has 9 nitrogen and oxygen atoms in total. The van der Waals surface area contributed by atoms with E-state index in [2.05, 4.69) is 53.4 Å². The number of ether oxygens (including phenoxy) is 1. The van der Waals surface area contributed by atoms with Gasteiger partial charge in [0.15, 0.2) is 0 Å². The molecule has 43 heavy (non-hydrogen) atoms. The zero-order valence-electron chi connectivity index (χ0n) is 24.9. The number of unbranched alkanes of at least 4 members (excludes halogenated alkanes) is 1. The molecule has 0 unspecified atom stereocenters. The second-order valence-electron chi connectivity index (χ2n) is 11.8. The Hall–Kier alpha value is -4.54. The number of rotatable bonds is 13. The minimum Gasteiger partial charge on any atom is -0.411 e. The van der Waals surface area contributed by atoms with Crippen LogP contribution in [0.5, 0.6) is 0 Å². The number of aromatic nitrogens is 4. The van der Waals surface area contributed by atoms with E-state index in [-0.39, 0.29) is 5.91 Å². The first kappa shape index (κ1) is 29.9. The normalized spacial score (nSPS) is 11.9. The number of para-hydroxylation sites is 1. The van der Waals surface area contributed by atoms with Crippen molar-refractivity contribution in [2.45, 2.75) is 51.7 Å². The lowest BCUT2D eigenvalue weighted by atomic mass is 10.0. The summed E-state index contributed by atoms with van der Waals surface area (Å²) in [4.78, 5) is 18.2. The van der Waals surface area contributed by atoms with Crippen LogP contribution in [-0.4, -0.2) is 51.3 Å². The van der Waals surface area contributed by atoms with E-state index in [9.17, 15) is 4.79 Å². The van der Waals surface area contributed by atoms with Gasteiger partial charge in [0.25, 0.3) is 5.91 Å². The third-order valence-corrected chi connectivity index (χ3v) is 8.88. The van der Waals surface area contributed by atoms with Gasteiger partial charge < -0.3 is 9.94 Å². The summed E-state index contributed by atoms with van der Waals surface area (Å²) in [5, 5.41) is 20.3. The van der Waals surface area contributed by atoms with Gasteiger partial charge in [-0.05, 0) is 72.8 Å². The molecule has 0 bridgehead atoms. The fraction of sp³-hybridized carbons (Fsp3) is 0.273. The number of amides is 1. The molecule has 222 valence electrons. The first-order chi connectivity index (χ1) is 20.8. The Morgan fingerprint density at radius 2 is 1.86 bits per heavy atom. The van der Waals surface area contributed by atoms with E-state index in [4.69, 9.17) is 14.9 Å². The van der Waals surface area contributed by atoms with Crippen LogP contribution in [0.3, 0.4) is 0 Å². The molecular weight excluding hydrogens is 556 g/mol. The zero-order valence-corrected chi connectivity index (χ0v) is 25.9. The van der Waals surface area contributed by atoms with Crippen LogP contribution in [0.25, 0.3) is 27.7 Å². The molecule has 0 saturated heterocycles. The maximum Gasteiger partial charge on any atom is 0.258 e. The van der Waals surface area contributed by atoms with Crippen LogP contribution in [0.4, 0.5) is 5.95 Å². The third kappa shape index (κ3) is 7.85. The van der Waals surface area contributed by atoms with Gasteiger partial charge in [-0.3, -0.25) is 14.7 Å². The van der Waals surface area contributed by atoms with Crippen molar-refractivity contribution in [2.24, 2.45) is 5.16 Å². The number of hydrogen-bond acceptors (Lipinski definition) is 6. The van der Waals surface area contributed by atoms with Gasteiger partial charge in [-0.25, -0.2) is 9.67 Å². The minimum atomic E-state index is -1.14. The average Bonchev–Trinajstić information content (AvgIpc) is 3.61. The van der Waals surface area contributed by atoms with Crippen molar-refractivity contribution in [3.05, 3.63) is 96.4 Å². The summed E-state index contributed by atoms with van der Waals surface area (Å²) in [5.74, 6) is 0.210. The third-order valence-electron chi connectivity index (χ3n) is 7.17. The van der Waals surface area contributed by atoms with E-state index in [0.29, 0.717) is 31.1 Å². The molecule has 10 heteroatoms. The highest BCUT2D eigenvalue weighted by Crippen LogP contribution is 2.26. The number of aryl methyl sites for hydroxylation is 1. The molecule has 2 N–H and O–H groups in total. The Morgan fingerprint density at radius 1 is 1.05 bits per heavy atom. The monoisotopic (exact) mass is 594 g/mol. The summed E-state index contributed by atoms with van der Waals surface area (Å²) >= 11 is 0. The topological polar surface area (TPSA) is 107 Å². The number of anilines is 1. The standard InChI is InChI=1S/C33H38N6O3Si/c1-43(2,3)19-18-42-24-39-31-16-15-26(21-28(31)22-34-39)25-10-9-11-27(20-25)32(40)37-33-36-29(12-7-8-17-35-41)23-38(33)30-13-5-4-6-14-30/h4-6,9-11,13-17,20-23,41H,7-8,12,18-19,24H2,1-3H3,(H,36,37,40). The van der Waals surface area contributed by atoms with E-state index in [1.165, 1.54) is 6.21 Å². The van der Waals surface area contributed by atoms with Crippen molar-refractivity contribution in [1.82, 2.24) is 19.3 Å². The molecule has 0 spiro atoms. The van der Waals surface area contributed by atoms with E-state index < -0.39 is 8.07 Å². The number of carbonyl (C=O) groups is 1. The molecule has 0 aliphatic carbocycles. The summed E-state index contributed by atoms with van der Waals surface area (Å²) in [6.07, 6.45) is 7.37. The van der Waals surface area contributed by atoms with Gasteiger partial charge in [0, 0.05) is 43.7 Å². The minimum absolute atomic E-state index is 0.243. The Kier molecular flexibility index (Phi) is 9.48. The van der Waals surface area contributed by atoms with E-state index in [1.807, 2.05) is 70.2 Å². The Bertz CT molecular complexity index is 1700. The summed E-state index contributed by atoms with van der Waals surface area (Å²) < 4.78 is 9.68. The second-order valence-corrected chi connectivity index (χ2v) is 17.4. The van der Waals surface area contributed by atoms with Crippen molar-refractivity contribution >= 4 is 37.0 Å². The molecule has 3 aromatic carbocycles. The van der Waals surface area contributed by atoms with Crippen LogP contribution in [-0.2, 0) is 17.9 Å². The highest BCUT2D eigenvalue weighted by molar-refractivity contribution is 6.76. The number of imidazole rings is 1. The lowest BCUT2D eigenvalue weighted by molar-refractivity contribution is 0.0817. The van der Waals surface area contributed by atoms with Gasteiger partial charge >= 0.3 is 0 Å². The van der Waals surface area contributed by atoms with Gasteiger partial charge in [0.05, 0.1) is 17.4 Å². The van der Waals surface area contributed by atoms with Crippen molar-refractivity contribution in [3.63, 3.8) is 0 Å². The Morgan fingerprint density at radius 3 is 2.65 bits per heavy atom. The molecule has 0 fully saturated rings. The smallest absolute Gasteiger partial charge is 0.258 e. The number of nitrogens with one attached hydrogen (secondary N) is 1. The van der Waals surface area contributed by atoms with Crippen LogP contribution in [0, 0.1) is 0 Å². The van der Waals surface area contributed by atoms with Crippen LogP contribution < -0.4 is 5.32 Å². The average molecular weight is 595 g/mol. The SMILES string of the molecule is C[Si](C)(C)CCOCn1ncc2cc(-c3cccc(C(=O)Nc4nc(CCCC=NO)cn4-c4ccccc4)c3)ccc21. The molecule has 0 radical (unpaired) electrons. The molecular formula is C33H38N6O3Si. The Balaban J connectivity index is 1.32. The fourth-order valence-corrected chi connectivity index (χ4v) is 5.52. The number of oxime groups is 1. The van der Waals surface area contributed by atoms with Gasteiger partial charge in [-0.15, -0.1) is 5.16 Å². The molecule has 0 aliphatic heterocycles. The van der Waals surface area contributed by atoms with Crippen LogP contribution in [0.1, 0.15) is 28.9 Å². The first-order valence-corrected chi connectivity index (χ1v) is 18.3. The van der Waals surface area contributed by atoms with Gasteiger partial charge in [0.1, 0.15) is 6.73 Å². The van der Waals surface area contributed by atoms with Crippen molar-refractivity contribution in [3.8, 4) is 16.8 Å². The highest BCUT2D eigenvalue weighted by atomic mass is 28.3. The zero-order chi connectivity index (χ0) is 30.2. The number of nitrogens with zero attached hydrogens (tertiary/aromatic N) is 5. The molecule has 0 aliphatic rings. The number of fused-ring (bicyclic) bond motifs is 1. The molecule has 1 amide bonds. The van der Waals surface area contributed by atoms with Crippen molar-refractivity contribution in [1.29, 1.82) is 0 Å². The van der Waals surface area contributed by atoms with Gasteiger partial charge in [0.2, 0.25) is 5.95 Å². The van der Waals surface area contributed by atoms with E-state index >= 15 is 0 Å². The largest absolute Gasteiger partial charge is 0.411 e. The summed E-state index contributed by atoms with van der Waals surface area (Å²) in [7, 11) is -1.14. The predicted octanol–water partition coefficient (Wildman–Crippen LogP) is 7.24. The second kappa shape index (κ2) is 13.6. The fourth-order valence-electron chi connectivity index (χ4n) is 4.77. The maximum absolute atomic E-state index is 13.5. The van der Waals surface area contributed by atoms with Crippen LogP contribution >= 0.6 is 0 Å². The predicted molar refractivity (Wildman–Crippen MR) is 174 cm³/mol. The highest BCUT2D eigenvalue weighted by Gasteiger charge is 2.16.